The number of benzene rings is 1. The summed E-state index contributed by atoms with van der Waals surface area (Å²) in [4.78, 5) is 23.0. The maximum absolute atomic E-state index is 12.0. The van der Waals surface area contributed by atoms with E-state index in [0.717, 1.165) is 12.8 Å². The fourth-order valence-corrected chi connectivity index (χ4v) is 1.89. The third kappa shape index (κ3) is 4.09. The van der Waals surface area contributed by atoms with Crippen molar-refractivity contribution in [3.05, 3.63) is 35.4 Å². The largest absolute Gasteiger partial charge is 0.478 e. The van der Waals surface area contributed by atoms with Crippen molar-refractivity contribution in [2.45, 2.75) is 39.7 Å². The number of rotatable bonds is 6. The normalized spacial score (nSPS) is 13.6. The molecule has 0 aromatic heterocycles. The molecule has 1 aromatic rings. The summed E-state index contributed by atoms with van der Waals surface area (Å²) in [7, 11) is 0. The predicted molar refractivity (Wildman–Crippen MR) is 72.4 cm³/mol. The maximum Gasteiger partial charge on any atom is 0.339 e. The van der Waals surface area contributed by atoms with Crippen molar-refractivity contribution >= 4 is 11.9 Å². The van der Waals surface area contributed by atoms with E-state index in [9.17, 15) is 9.59 Å². The smallest absolute Gasteiger partial charge is 0.339 e. The Bertz CT molecular complexity index is 453. The van der Waals surface area contributed by atoms with E-state index in [1.807, 2.05) is 13.8 Å². The number of hydrogen-bond acceptors (Lipinski definition) is 3. The summed E-state index contributed by atoms with van der Waals surface area (Å²) in [5.41, 5.74) is 0.0772. The molecule has 104 valence electrons. The van der Waals surface area contributed by atoms with E-state index in [1.165, 1.54) is 12.1 Å². The summed E-state index contributed by atoms with van der Waals surface area (Å²) in [6.45, 7) is 5.93. The summed E-state index contributed by atoms with van der Waals surface area (Å²) in [5, 5.41) is 9.03. The second-order valence-corrected chi connectivity index (χ2v) is 4.73. The van der Waals surface area contributed by atoms with Gasteiger partial charge in [-0.3, -0.25) is 0 Å². The van der Waals surface area contributed by atoms with Crippen LogP contribution in [0.15, 0.2) is 24.3 Å². The first-order valence-corrected chi connectivity index (χ1v) is 6.50. The molecule has 1 rings (SSSR count). The van der Waals surface area contributed by atoms with Crippen LogP contribution in [0, 0.1) is 5.92 Å². The van der Waals surface area contributed by atoms with Crippen molar-refractivity contribution in [2.75, 3.05) is 0 Å². The van der Waals surface area contributed by atoms with Crippen molar-refractivity contribution in [2.24, 2.45) is 5.92 Å². The molecule has 4 heteroatoms. The Morgan fingerprint density at radius 3 is 2.32 bits per heavy atom. The van der Waals surface area contributed by atoms with Crippen molar-refractivity contribution in [3.8, 4) is 0 Å². The molecule has 1 N–H and O–H groups in total. The van der Waals surface area contributed by atoms with Gasteiger partial charge in [-0.05, 0) is 31.4 Å². The highest BCUT2D eigenvalue weighted by Crippen LogP contribution is 2.17. The van der Waals surface area contributed by atoms with Crippen molar-refractivity contribution in [1.29, 1.82) is 0 Å². The molecule has 0 fully saturated rings. The van der Waals surface area contributed by atoms with Crippen LogP contribution < -0.4 is 0 Å². The van der Waals surface area contributed by atoms with E-state index in [4.69, 9.17) is 9.84 Å². The molecule has 0 radical (unpaired) electrons. The minimum absolute atomic E-state index is 0.0251. The quantitative estimate of drug-likeness (QED) is 0.800. The van der Waals surface area contributed by atoms with Crippen molar-refractivity contribution in [1.82, 2.24) is 0 Å². The van der Waals surface area contributed by atoms with Gasteiger partial charge < -0.3 is 9.84 Å². The minimum Gasteiger partial charge on any atom is -0.478 e. The van der Waals surface area contributed by atoms with Crippen LogP contribution in [-0.4, -0.2) is 23.1 Å². The molecule has 2 unspecified atom stereocenters. The molecule has 2 atom stereocenters. The summed E-state index contributed by atoms with van der Waals surface area (Å²) < 4.78 is 5.34. The highest BCUT2D eigenvalue weighted by Gasteiger charge is 2.21. The number of hydrogen-bond donors (Lipinski definition) is 1. The molecule has 0 saturated heterocycles. The molecule has 1 aromatic carbocycles. The number of carboxylic acids is 1. The maximum atomic E-state index is 12.0. The molecule has 0 bridgehead atoms. The highest BCUT2D eigenvalue weighted by molar-refractivity contribution is 6.02. The van der Waals surface area contributed by atoms with E-state index in [0.29, 0.717) is 0 Å². The zero-order chi connectivity index (χ0) is 14.4. The van der Waals surface area contributed by atoms with Crippen LogP contribution >= 0.6 is 0 Å². The number of carbonyl (C=O) groups excluding carboxylic acids is 1. The Balaban J connectivity index is 2.81. The lowest BCUT2D eigenvalue weighted by Crippen LogP contribution is -2.23. The van der Waals surface area contributed by atoms with Gasteiger partial charge in [0.05, 0.1) is 11.1 Å². The summed E-state index contributed by atoms with van der Waals surface area (Å²) in [6, 6.07) is 6.09. The Kier molecular flexibility index (Phi) is 5.55. The first-order valence-electron chi connectivity index (χ1n) is 6.50. The molecule has 19 heavy (non-hydrogen) atoms. The van der Waals surface area contributed by atoms with Crippen LogP contribution in [0.3, 0.4) is 0 Å². The number of ether oxygens (including phenoxy) is 1. The van der Waals surface area contributed by atoms with Gasteiger partial charge in [0, 0.05) is 0 Å². The van der Waals surface area contributed by atoms with Crippen LogP contribution in [0.4, 0.5) is 0 Å². The van der Waals surface area contributed by atoms with E-state index in [1.54, 1.807) is 12.1 Å². The van der Waals surface area contributed by atoms with E-state index in [2.05, 4.69) is 6.92 Å². The lowest BCUT2D eigenvalue weighted by molar-refractivity contribution is 0.0202. The topological polar surface area (TPSA) is 63.6 Å². The average Bonchev–Trinajstić information content (AvgIpc) is 2.38. The molecule has 0 aliphatic rings. The minimum atomic E-state index is -1.12. The van der Waals surface area contributed by atoms with Gasteiger partial charge in [0.25, 0.3) is 0 Å². The van der Waals surface area contributed by atoms with Gasteiger partial charge in [-0.2, -0.15) is 0 Å². The number of aromatic carboxylic acids is 1. The number of esters is 1. The van der Waals surface area contributed by atoms with Crippen molar-refractivity contribution in [3.63, 3.8) is 0 Å². The van der Waals surface area contributed by atoms with Crippen LogP contribution in [0.25, 0.3) is 0 Å². The van der Waals surface area contributed by atoms with Crippen LogP contribution in [0.2, 0.25) is 0 Å². The fourth-order valence-electron chi connectivity index (χ4n) is 1.89. The number of carbonyl (C=O) groups is 2. The summed E-state index contributed by atoms with van der Waals surface area (Å²) in [6.07, 6.45) is 1.76. The van der Waals surface area contributed by atoms with E-state index in [-0.39, 0.29) is 23.1 Å². The molecular formula is C15H20O4. The molecule has 0 aliphatic carbocycles. The first kappa shape index (κ1) is 15.2. The molecule has 4 nitrogen and oxygen atoms in total. The molecular weight excluding hydrogens is 244 g/mol. The van der Waals surface area contributed by atoms with Crippen LogP contribution in [0.1, 0.15) is 54.3 Å². The first-order chi connectivity index (χ1) is 8.97. The zero-order valence-electron chi connectivity index (χ0n) is 11.6. The summed E-state index contributed by atoms with van der Waals surface area (Å²) in [5.74, 6) is -1.44. The molecule has 0 spiro atoms. The molecule has 0 saturated carbocycles. The van der Waals surface area contributed by atoms with E-state index >= 15 is 0 Å². The van der Waals surface area contributed by atoms with Gasteiger partial charge in [-0.15, -0.1) is 0 Å². The lowest BCUT2D eigenvalue weighted by atomic mass is 10.0. The van der Waals surface area contributed by atoms with Crippen LogP contribution in [0.5, 0.6) is 0 Å². The van der Waals surface area contributed by atoms with Gasteiger partial charge in [-0.1, -0.05) is 32.4 Å². The zero-order valence-corrected chi connectivity index (χ0v) is 11.6. The Morgan fingerprint density at radius 2 is 1.79 bits per heavy atom. The fraction of sp³-hybridized carbons (Fsp3) is 0.467. The van der Waals surface area contributed by atoms with Gasteiger partial charge in [0.2, 0.25) is 0 Å². The Labute approximate surface area is 113 Å². The third-order valence-corrected chi connectivity index (χ3v) is 3.22. The van der Waals surface area contributed by atoms with Gasteiger partial charge >= 0.3 is 11.9 Å². The average molecular weight is 264 g/mol. The second kappa shape index (κ2) is 6.92. The lowest BCUT2D eigenvalue weighted by Gasteiger charge is -2.20. The predicted octanol–water partition coefficient (Wildman–Crippen LogP) is 3.37. The molecule has 0 aliphatic heterocycles. The molecule has 0 heterocycles. The van der Waals surface area contributed by atoms with Crippen molar-refractivity contribution < 1.29 is 19.4 Å². The Hall–Kier alpha value is -1.84. The van der Waals surface area contributed by atoms with Gasteiger partial charge in [0.1, 0.15) is 6.10 Å². The van der Waals surface area contributed by atoms with Gasteiger partial charge in [0.15, 0.2) is 0 Å². The standard InChI is InChI=1S/C15H20O4/c1-4-7-10(2)11(3)19-15(18)13-9-6-5-8-12(13)14(16)17/h5-6,8-11H,4,7H2,1-3H3,(H,16,17). The Morgan fingerprint density at radius 1 is 1.21 bits per heavy atom. The van der Waals surface area contributed by atoms with E-state index < -0.39 is 11.9 Å². The third-order valence-electron chi connectivity index (χ3n) is 3.22. The monoisotopic (exact) mass is 264 g/mol. The second-order valence-electron chi connectivity index (χ2n) is 4.73. The SMILES string of the molecule is CCCC(C)C(C)OC(=O)c1ccccc1C(=O)O. The van der Waals surface area contributed by atoms with Gasteiger partial charge in [-0.25, -0.2) is 9.59 Å². The van der Waals surface area contributed by atoms with Crippen LogP contribution in [-0.2, 0) is 4.74 Å². The summed E-state index contributed by atoms with van der Waals surface area (Å²) >= 11 is 0. The highest BCUT2D eigenvalue weighted by atomic mass is 16.5. The number of carboxylic acid groups (broad SMARTS) is 1. The molecule has 0 amide bonds.